The zero-order valence-corrected chi connectivity index (χ0v) is 15.2. The van der Waals surface area contributed by atoms with Gasteiger partial charge in [-0.3, -0.25) is 4.18 Å². The number of aryl methyl sites for hydroxylation is 1. The summed E-state index contributed by atoms with van der Waals surface area (Å²) in [5.41, 5.74) is 0.992. The molecule has 0 aliphatic rings. The smallest absolute Gasteiger partial charge is 0.264 e. The molecular weight excluding hydrogens is 344 g/mol. The van der Waals surface area contributed by atoms with Gasteiger partial charge in [-0.25, -0.2) is 8.42 Å². The molecule has 0 saturated carbocycles. The molecule has 1 aromatic rings. The Morgan fingerprint density at radius 2 is 1.77 bits per heavy atom. The predicted molar refractivity (Wildman–Crippen MR) is 90.0 cm³/mol. The molecule has 1 rings (SSSR count). The van der Waals surface area contributed by atoms with Gasteiger partial charge in [0.05, 0.1) is 17.8 Å². The van der Waals surface area contributed by atoms with Crippen molar-refractivity contribution in [1.29, 1.82) is 0 Å². The number of sulfone groups is 1. The Balaban J connectivity index is 2.77. The van der Waals surface area contributed by atoms with Crippen LogP contribution in [-0.2, 0) is 24.1 Å². The number of allylic oxidation sites excluding steroid dienone is 1. The van der Waals surface area contributed by atoms with Crippen molar-refractivity contribution < 1.29 is 21.0 Å². The number of hydrogen-bond acceptors (Lipinski definition) is 6. The molecule has 0 atom stereocenters. The Hall–Kier alpha value is -0.830. The van der Waals surface area contributed by atoms with Gasteiger partial charge in [0.25, 0.3) is 10.1 Å². The van der Waals surface area contributed by atoms with Crippen LogP contribution in [0.25, 0.3) is 0 Å². The second kappa shape index (κ2) is 8.14. The van der Waals surface area contributed by atoms with Gasteiger partial charge in [-0.15, -0.1) is 11.8 Å². The van der Waals surface area contributed by atoms with Gasteiger partial charge in [0.15, 0.2) is 0 Å². The summed E-state index contributed by atoms with van der Waals surface area (Å²) in [5.74, 6) is 0. The lowest BCUT2D eigenvalue weighted by molar-refractivity contribution is 0.317. The SMILES string of the molecule is CS/C(=C\CCCOS(C)(=O)=O)S(=O)(=O)c1ccc(C)cc1. The third kappa shape index (κ3) is 6.12. The first-order valence-electron chi connectivity index (χ1n) is 6.57. The largest absolute Gasteiger partial charge is 0.270 e. The molecule has 0 N–H and O–H groups in total. The van der Waals surface area contributed by atoms with E-state index in [-0.39, 0.29) is 15.7 Å². The average Bonchev–Trinajstić information content (AvgIpc) is 2.41. The highest BCUT2D eigenvalue weighted by Gasteiger charge is 2.19. The minimum Gasteiger partial charge on any atom is -0.270 e. The fourth-order valence-corrected chi connectivity index (χ4v) is 4.59. The van der Waals surface area contributed by atoms with Crippen LogP contribution >= 0.6 is 11.8 Å². The zero-order chi connectivity index (χ0) is 16.8. The Kier molecular flexibility index (Phi) is 7.11. The van der Waals surface area contributed by atoms with Crippen molar-refractivity contribution in [2.75, 3.05) is 19.1 Å². The van der Waals surface area contributed by atoms with Crippen LogP contribution in [0.2, 0.25) is 0 Å². The topological polar surface area (TPSA) is 77.5 Å². The van der Waals surface area contributed by atoms with Crippen LogP contribution < -0.4 is 0 Å². The fraction of sp³-hybridized carbons (Fsp3) is 0.429. The van der Waals surface area contributed by atoms with E-state index in [1.165, 1.54) is 0 Å². The summed E-state index contributed by atoms with van der Waals surface area (Å²) in [4.78, 5) is 0.256. The third-order valence-electron chi connectivity index (χ3n) is 2.75. The lowest BCUT2D eigenvalue weighted by Crippen LogP contribution is -2.04. The van der Waals surface area contributed by atoms with Crippen molar-refractivity contribution in [3.05, 3.63) is 40.1 Å². The van der Waals surface area contributed by atoms with Gasteiger partial charge in [-0.05, 0) is 38.2 Å². The molecule has 0 radical (unpaired) electrons. The Bertz CT molecular complexity index is 716. The summed E-state index contributed by atoms with van der Waals surface area (Å²) in [5, 5.41) is 0. The van der Waals surface area contributed by atoms with Crippen LogP contribution in [0.15, 0.2) is 39.5 Å². The number of benzene rings is 1. The lowest BCUT2D eigenvalue weighted by Gasteiger charge is -2.07. The molecule has 0 saturated heterocycles. The first-order valence-corrected chi connectivity index (χ1v) is 11.1. The third-order valence-corrected chi connectivity index (χ3v) is 6.67. The molecule has 0 aromatic heterocycles. The molecule has 0 fully saturated rings. The summed E-state index contributed by atoms with van der Waals surface area (Å²) >= 11 is 1.15. The highest BCUT2D eigenvalue weighted by Crippen LogP contribution is 2.27. The van der Waals surface area contributed by atoms with Crippen molar-refractivity contribution >= 4 is 31.7 Å². The summed E-state index contributed by atoms with van der Waals surface area (Å²) in [6, 6.07) is 6.68. The standard InChI is InChI=1S/C14H20O5S3/c1-12-7-9-13(10-8-12)22(17,18)14(20-2)6-4-5-11-19-21(3,15)16/h6-10H,4-5,11H2,1-3H3/b14-6+. The number of thioether (sulfide) groups is 1. The first-order chi connectivity index (χ1) is 10.2. The molecule has 0 spiro atoms. The normalized spacial score (nSPS) is 13.3. The van der Waals surface area contributed by atoms with E-state index in [1.807, 2.05) is 6.92 Å². The van der Waals surface area contributed by atoms with Crippen molar-refractivity contribution in [2.45, 2.75) is 24.7 Å². The Labute approximate surface area is 136 Å². The molecule has 0 aliphatic heterocycles. The molecule has 22 heavy (non-hydrogen) atoms. The summed E-state index contributed by atoms with van der Waals surface area (Å²) in [6.07, 6.45) is 5.14. The van der Waals surface area contributed by atoms with Crippen molar-refractivity contribution in [1.82, 2.24) is 0 Å². The minimum atomic E-state index is -3.52. The van der Waals surface area contributed by atoms with Crippen molar-refractivity contribution in [2.24, 2.45) is 0 Å². The van der Waals surface area contributed by atoms with Gasteiger partial charge >= 0.3 is 0 Å². The van der Waals surface area contributed by atoms with Gasteiger partial charge < -0.3 is 0 Å². The van der Waals surface area contributed by atoms with Gasteiger partial charge in [-0.2, -0.15) is 8.42 Å². The van der Waals surface area contributed by atoms with Crippen molar-refractivity contribution in [3.8, 4) is 0 Å². The van der Waals surface area contributed by atoms with Gasteiger partial charge in [0, 0.05) is 0 Å². The van der Waals surface area contributed by atoms with E-state index in [0.29, 0.717) is 12.8 Å². The van der Waals surface area contributed by atoms with Crippen LogP contribution in [-0.4, -0.2) is 36.0 Å². The maximum atomic E-state index is 12.5. The van der Waals surface area contributed by atoms with Crippen LogP contribution in [0.4, 0.5) is 0 Å². The van der Waals surface area contributed by atoms with Crippen LogP contribution in [0.5, 0.6) is 0 Å². The molecule has 124 valence electrons. The van der Waals surface area contributed by atoms with Gasteiger partial charge in [-0.1, -0.05) is 23.8 Å². The van der Waals surface area contributed by atoms with E-state index in [2.05, 4.69) is 4.18 Å². The number of unbranched alkanes of at least 4 members (excludes halogenated alkanes) is 1. The average molecular weight is 365 g/mol. The van der Waals surface area contributed by atoms with E-state index < -0.39 is 20.0 Å². The molecule has 5 nitrogen and oxygen atoms in total. The monoisotopic (exact) mass is 364 g/mol. The summed E-state index contributed by atoms with van der Waals surface area (Å²) in [7, 11) is -6.97. The Morgan fingerprint density at radius 3 is 2.27 bits per heavy atom. The maximum absolute atomic E-state index is 12.5. The molecule has 1 aromatic carbocycles. The zero-order valence-electron chi connectivity index (χ0n) is 12.8. The quantitative estimate of drug-likeness (QED) is 0.521. The molecule has 0 heterocycles. The van der Waals surface area contributed by atoms with Crippen LogP contribution in [0.1, 0.15) is 18.4 Å². The molecule has 0 unspecified atom stereocenters. The maximum Gasteiger partial charge on any atom is 0.264 e. The highest BCUT2D eigenvalue weighted by atomic mass is 32.3. The molecule has 8 heteroatoms. The Morgan fingerprint density at radius 1 is 1.18 bits per heavy atom. The van der Waals surface area contributed by atoms with Gasteiger partial charge in [0.1, 0.15) is 4.24 Å². The van der Waals surface area contributed by atoms with Crippen molar-refractivity contribution in [3.63, 3.8) is 0 Å². The van der Waals surface area contributed by atoms with E-state index in [1.54, 1.807) is 36.6 Å². The highest BCUT2D eigenvalue weighted by molar-refractivity contribution is 8.18. The minimum absolute atomic E-state index is 0.0432. The molecule has 0 amide bonds. The second-order valence-electron chi connectivity index (χ2n) is 4.71. The van der Waals surface area contributed by atoms with E-state index >= 15 is 0 Å². The molecular formula is C14H20O5S3. The number of hydrogen-bond donors (Lipinski definition) is 0. The summed E-state index contributed by atoms with van der Waals surface area (Å²) < 4.78 is 51.5. The van der Waals surface area contributed by atoms with Crippen LogP contribution in [0, 0.1) is 6.92 Å². The van der Waals surface area contributed by atoms with Gasteiger partial charge in [0.2, 0.25) is 9.84 Å². The predicted octanol–water partition coefficient (Wildman–Crippen LogP) is 2.73. The fourth-order valence-electron chi connectivity index (χ4n) is 1.65. The first kappa shape index (κ1) is 19.2. The lowest BCUT2D eigenvalue weighted by atomic mass is 10.2. The van der Waals surface area contributed by atoms with E-state index in [0.717, 1.165) is 23.6 Å². The molecule has 0 bridgehead atoms. The van der Waals surface area contributed by atoms with E-state index in [4.69, 9.17) is 0 Å². The molecule has 0 aliphatic carbocycles. The number of rotatable bonds is 8. The van der Waals surface area contributed by atoms with Crippen LogP contribution in [0.3, 0.4) is 0 Å². The second-order valence-corrected chi connectivity index (χ2v) is 9.38. The van der Waals surface area contributed by atoms with E-state index in [9.17, 15) is 16.8 Å². The summed E-state index contributed by atoms with van der Waals surface area (Å²) in [6.45, 7) is 1.94.